The molecule has 4 nitrogen and oxygen atoms in total. The van der Waals surface area contributed by atoms with Crippen molar-refractivity contribution in [2.75, 3.05) is 5.32 Å². The van der Waals surface area contributed by atoms with E-state index in [1.54, 1.807) is 6.20 Å². The van der Waals surface area contributed by atoms with Crippen molar-refractivity contribution in [3.63, 3.8) is 0 Å². The summed E-state index contributed by atoms with van der Waals surface area (Å²) in [6.45, 7) is 0. The molecule has 0 saturated carbocycles. The summed E-state index contributed by atoms with van der Waals surface area (Å²) in [7, 11) is 0. The Labute approximate surface area is 164 Å². The lowest BCUT2D eigenvalue weighted by Crippen LogP contribution is -2.13. The van der Waals surface area contributed by atoms with Crippen molar-refractivity contribution < 1.29 is 9.18 Å². The Morgan fingerprint density at radius 3 is 2.59 bits per heavy atom. The van der Waals surface area contributed by atoms with E-state index in [0.29, 0.717) is 22.1 Å². The highest BCUT2D eigenvalue weighted by Gasteiger charge is 2.12. The number of hydrogen-bond acceptors (Lipinski definition) is 4. The minimum absolute atomic E-state index is 0.0870. The van der Waals surface area contributed by atoms with Crippen molar-refractivity contribution in [3.05, 3.63) is 87.1 Å². The molecule has 3 aromatic rings. The third kappa shape index (κ3) is 5.23. The number of anilines is 1. The first-order valence-corrected chi connectivity index (χ1v) is 9.11. The maximum Gasteiger partial charge on any atom is 0.268 e. The molecule has 1 heterocycles. The Bertz CT molecular complexity index is 1020. The van der Waals surface area contributed by atoms with Crippen molar-refractivity contribution in [2.45, 2.75) is 6.42 Å². The average Bonchev–Trinajstić information content (AvgIpc) is 3.10. The maximum atomic E-state index is 13.0. The lowest BCUT2D eigenvalue weighted by atomic mass is 10.1. The lowest BCUT2D eigenvalue weighted by molar-refractivity contribution is -0.112. The van der Waals surface area contributed by atoms with Crippen LogP contribution in [0.2, 0.25) is 5.02 Å². The zero-order chi connectivity index (χ0) is 19.2. The van der Waals surface area contributed by atoms with Crippen molar-refractivity contribution >= 4 is 40.1 Å². The Balaban J connectivity index is 1.68. The normalized spacial score (nSPS) is 11.1. The minimum Gasteiger partial charge on any atom is -0.297 e. The van der Waals surface area contributed by atoms with Crippen LogP contribution in [0.3, 0.4) is 0 Å². The van der Waals surface area contributed by atoms with E-state index in [2.05, 4.69) is 10.3 Å². The van der Waals surface area contributed by atoms with Crippen LogP contribution in [0.5, 0.6) is 0 Å². The predicted molar refractivity (Wildman–Crippen MR) is 105 cm³/mol. The van der Waals surface area contributed by atoms with Gasteiger partial charge in [-0.2, -0.15) is 5.26 Å². The van der Waals surface area contributed by atoms with Gasteiger partial charge in [0.2, 0.25) is 0 Å². The highest BCUT2D eigenvalue weighted by atomic mass is 35.5. The molecular formula is C20H13ClFN3OS. The smallest absolute Gasteiger partial charge is 0.268 e. The second-order valence-electron chi connectivity index (χ2n) is 5.61. The molecule has 27 heavy (non-hydrogen) atoms. The fourth-order valence-corrected chi connectivity index (χ4v) is 3.26. The molecule has 134 valence electrons. The molecule has 0 radical (unpaired) electrons. The number of benzene rings is 2. The van der Waals surface area contributed by atoms with Crippen LogP contribution in [-0.2, 0) is 11.2 Å². The number of aromatic nitrogens is 1. The third-order valence-corrected chi connectivity index (χ3v) is 4.78. The number of carbonyl (C=O) groups is 1. The molecule has 0 aliphatic carbocycles. The van der Waals surface area contributed by atoms with Gasteiger partial charge in [-0.1, -0.05) is 35.9 Å². The zero-order valence-corrected chi connectivity index (χ0v) is 15.5. The number of carbonyl (C=O) groups excluding carboxylic acids is 1. The molecule has 0 aliphatic heterocycles. The van der Waals surface area contributed by atoms with Gasteiger partial charge in [0.1, 0.15) is 17.5 Å². The summed E-state index contributed by atoms with van der Waals surface area (Å²) in [5, 5.41) is 12.9. The van der Waals surface area contributed by atoms with Gasteiger partial charge < -0.3 is 0 Å². The van der Waals surface area contributed by atoms with Gasteiger partial charge in [-0.3, -0.25) is 10.1 Å². The number of amides is 1. The van der Waals surface area contributed by atoms with Crippen LogP contribution in [0.25, 0.3) is 6.08 Å². The molecule has 0 unspecified atom stereocenters. The summed E-state index contributed by atoms with van der Waals surface area (Å²) < 4.78 is 13.0. The number of nitriles is 1. The molecule has 0 fully saturated rings. The third-order valence-electron chi connectivity index (χ3n) is 3.61. The topological polar surface area (TPSA) is 65.8 Å². The molecule has 7 heteroatoms. The SMILES string of the molecule is N#C/C(=C\c1ccc(F)cc1)C(=O)Nc1ncc(Cc2ccc(Cl)cc2)s1. The van der Waals surface area contributed by atoms with Gasteiger partial charge in [-0.25, -0.2) is 9.37 Å². The van der Waals surface area contributed by atoms with Gasteiger partial charge in [0.15, 0.2) is 5.13 Å². The average molecular weight is 398 g/mol. The summed E-state index contributed by atoms with van der Waals surface area (Å²) in [6, 6.07) is 14.9. The fraction of sp³-hybridized carbons (Fsp3) is 0.0500. The monoisotopic (exact) mass is 397 g/mol. The Hall–Kier alpha value is -3.01. The maximum absolute atomic E-state index is 13.0. The minimum atomic E-state index is -0.561. The molecule has 0 atom stereocenters. The second-order valence-corrected chi connectivity index (χ2v) is 7.16. The first-order valence-electron chi connectivity index (χ1n) is 7.91. The van der Waals surface area contributed by atoms with Crippen LogP contribution in [-0.4, -0.2) is 10.9 Å². The summed E-state index contributed by atoms with van der Waals surface area (Å²) in [4.78, 5) is 17.4. The van der Waals surface area contributed by atoms with E-state index in [0.717, 1.165) is 10.4 Å². The standard InChI is InChI=1S/C20H13ClFN3OS/c21-16-5-1-14(2-6-16)10-18-12-24-20(27-18)25-19(26)15(11-23)9-13-3-7-17(22)8-4-13/h1-9,12H,10H2,(H,24,25,26)/b15-9+. The predicted octanol–water partition coefficient (Wildman–Crippen LogP) is 5.07. The number of rotatable bonds is 5. The molecule has 0 bridgehead atoms. The van der Waals surface area contributed by atoms with Gasteiger partial charge in [0.25, 0.3) is 5.91 Å². The van der Waals surface area contributed by atoms with Gasteiger partial charge >= 0.3 is 0 Å². The highest BCUT2D eigenvalue weighted by Crippen LogP contribution is 2.22. The van der Waals surface area contributed by atoms with E-state index >= 15 is 0 Å². The van der Waals surface area contributed by atoms with Crippen molar-refractivity contribution in [1.29, 1.82) is 5.26 Å². The summed E-state index contributed by atoms with van der Waals surface area (Å²) in [5.41, 5.74) is 1.55. The number of halogens is 2. The molecule has 0 spiro atoms. The van der Waals surface area contributed by atoms with Crippen molar-refractivity contribution in [2.24, 2.45) is 0 Å². The fourth-order valence-electron chi connectivity index (χ4n) is 2.29. The van der Waals surface area contributed by atoms with Gasteiger partial charge in [-0.15, -0.1) is 11.3 Å². The van der Waals surface area contributed by atoms with E-state index in [9.17, 15) is 14.4 Å². The number of nitrogens with one attached hydrogen (secondary N) is 1. The number of hydrogen-bond donors (Lipinski definition) is 1. The van der Waals surface area contributed by atoms with Crippen LogP contribution < -0.4 is 5.32 Å². The summed E-state index contributed by atoms with van der Waals surface area (Å²) >= 11 is 7.21. The van der Waals surface area contributed by atoms with Crippen molar-refractivity contribution in [3.8, 4) is 6.07 Å². The van der Waals surface area contributed by atoms with Gasteiger partial charge in [0.05, 0.1) is 0 Å². The zero-order valence-electron chi connectivity index (χ0n) is 13.9. The summed E-state index contributed by atoms with van der Waals surface area (Å²) in [5.74, 6) is -0.944. The van der Waals surface area contributed by atoms with Gasteiger partial charge in [0, 0.05) is 22.5 Å². The largest absolute Gasteiger partial charge is 0.297 e. The quantitative estimate of drug-likeness (QED) is 0.482. The molecular weight excluding hydrogens is 385 g/mol. The van der Waals surface area contributed by atoms with Crippen LogP contribution in [0.1, 0.15) is 16.0 Å². The lowest BCUT2D eigenvalue weighted by Gasteiger charge is -2.01. The van der Waals surface area contributed by atoms with Crippen LogP contribution in [0.4, 0.5) is 9.52 Å². The van der Waals surface area contributed by atoms with Crippen LogP contribution in [0, 0.1) is 17.1 Å². The van der Waals surface area contributed by atoms with Crippen LogP contribution in [0.15, 0.2) is 60.3 Å². The molecule has 1 aromatic heterocycles. The first-order chi connectivity index (χ1) is 13.0. The molecule has 0 saturated heterocycles. The first kappa shape index (κ1) is 18.8. The Kier molecular flexibility index (Phi) is 5.97. The molecule has 1 amide bonds. The number of nitrogens with zero attached hydrogens (tertiary/aromatic N) is 2. The van der Waals surface area contributed by atoms with E-state index < -0.39 is 5.91 Å². The van der Waals surface area contributed by atoms with E-state index in [1.165, 1.54) is 41.7 Å². The second kappa shape index (κ2) is 8.58. The molecule has 1 N–H and O–H groups in total. The summed E-state index contributed by atoms with van der Waals surface area (Å²) in [6.07, 6.45) is 3.75. The van der Waals surface area contributed by atoms with Gasteiger partial charge in [-0.05, 0) is 41.5 Å². The molecule has 0 aliphatic rings. The Morgan fingerprint density at radius 1 is 1.22 bits per heavy atom. The van der Waals surface area contributed by atoms with E-state index in [4.69, 9.17) is 11.6 Å². The van der Waals surface area contributed by atoms with Crippen LogP contribution >= 0.6 is 22.9 Å². The molecule has 3 rings (SSSR count). The van der Waals surface area contributed by atoms with E-state index in [-0.39, 0.29) is 11.4 Å². The Morgan fingerprint density at radius 2 is 1.93 bits per heavy atom. The highest BCUT2D eigenvalue weighted by molar-refractivity contribution is 7.15. The molecule has 2 aromatic carbocycles. The van der Waals surface area contributed by atoms with Crippen molar-refractivity contribution in [1.82, 2.24) is 4.98 Å². The number of thiazole rings is 1. The van der Waals surface area contributed by atoms with E-state index in [1.807, 2.05) is 30.3 Å².